The van der Waals surface area contributed by atoms with E-state index >= 15 is 0 Å². The number of rotatable bonds is 5. The molecule has 1 heterocycles. The number of imidazole rings is 1. The lowest BCUT2D eigenvalue weighted by Crippen LogP contribution is -2.21. The fraction of sp³-hybridized carbons (Fsp3) is 0.308. The lowest BCUT2D eigenvalue weighted by molar-refractivity contribution is -0.384. The van der Waals surface area contributed by atoms with Gasteiger partial charge < -0.3 is 10.3 Å². The Morgan fingerprint density at radius 2 is 2.16 bits per heavy atom. The second kappa shape index (κ2) is 5.62. The van der Waals surface area contributed by atoms with Crippen LogP contribution < -0.4 is 5.32 Å². The van der Waals surface area contributed by atoms with Crippen LogP contribution in [0.2, 0.25) is 0 Å². The van der Waals surface area contributed by atoms with Crippen LogP contribution in [-0.4, -0.2) is 20.9 Å². The van der Waals surface area contributed by atoms with Crippen molar-refractivity contribution in [3.05, 3.63) is 46.3 Å². The van der Waals surface area contributed by atoms with Gasteiger partial charge in [-0.15, -0.1) is 0 Å². The van der Waals surface area contributed by atoms with Gasteiger partial charge in [-0.1, -0.05) is 26.0 Å². The van der Waals surface area contributed by atoms with Crippen LogP contribution in [0, 0.1) is 10.1 Å². The Balaban J connectivity index is 2.25. The number of hydrogen-bond acceptors (Lipinski definition) is 4. The van der Waals surface area contributed by atoms with Crippen LogP contribution in [0.1, 0.15) is 19.5 Å². The molecule has 2 N–H and O–H groups in total. The first-order chi connectivity index (χ1) is 9.08. The third kappa shape index (κ3) is 3.17. The minimum Gasteiger partial charge on any atom is -0.341 e. The summed E-state index contributed by atoms with van der Waals surface area (Å²) < 4.78 is 0. The van der Waals surface area contributed by atoms with E-state index < -0.39 is 4.92 Å². The van der Waals surface area contributed by atoms with Crippen LogP contribution in [0.15, 0.2) is 30.5 Å². The largest absolute Gasteiger partial charge is 0.341 e. The van der Waals surface area contributed by atoms with Crippen molar-refractivity contribution >= 4 is 5.69 Å². The van der Waals surface area contributed by atoms with Gasteiger partial charge in [-0.25, -0.2) is 4.98 Å². The van der Waals surface area contributed by atoms with Gasteiger partial charge in [0.05, 0.1) is 10.5 Å². The summed E-state index contributed by atoms with van der Waals surface area (Å²) in [6.07, 6.45) is 1.70. The van der Waals surface area contributed by atoms with Gasteiger partial charge in [0.15, 0.2) is 0 Å². The fourth-order valence-electron chi connectivity index (χ4n) is 1.73. The van der Waals surface area contributed by atoms with Gasteiger partial charge in [-0.2, -0.15) is 0 Å². The summed E-state index contributed by atoms with van der Waals surface area (Å²) in [5.74, 6) is 0.521. The number of hydrogen-bond donors (Lipinski definition) is 2. The number of nitro benzene ring substituents is 1. The molecule has 0 aliphatic heterocycles. The van der Waals surface area contributed by atoms with E-state index in [1.807, 2.05) is 0 Å². The molecule has 2 rings (SSSR count). The highest BCUT2D eigenvalue weighted by molar-refractivity contribution is 5.67. The van der Waals surface area contributed by atoms with Gasteiger partial charge >= 0.3 is 0 Å². The monoisotopic (exact) mass is 260 g/mol. The van der Waals surface area contributed by atoms with Crippen LogP contribution in [0.4, 0.5) is 5.69 Å². The maximum Gasteiger partial charge on any atom is 0.280 e. The number of nitro groups is 1. The Morgan fingerprint density at radius 1 is 1.42 bits per heavy atom. The molecule has 6 nitrogen and oxygen atoms in total. The molecular formula is C13H16N4O2. The predicted molar refractivity (Wildman–Crippen MR) is 72.7 cm³/mol. The lowest BCUT2D eigenvalue weighted by atomic mass is 10.2. The molecule has 0 fully saturated rings. The van der Waals surface area contributed by atoms with E-state index in [4.69, 9.17) is 0 Å². The summed E-state index contributed by atoms with van der Waals surface area (Å²) in [6, 6.07) is 6.95. The number of H-pyrrole nitrogens is 1. The van der Waals surface area contributed by atoms with Gasteiger partial charge in [-0.3, -0.25) is 10.1 Å². The number of nitrogens with zero attached hydrogens (tertiary/aromatic N) is 2. The molecule has 1 aromatic carbocycles. The number of para-hydroxylation sites is 1. The molecular weight excluding hydrogens is 244 g/mol. The minimum absolute atomic E-state index is 0.0558. The first kappa shape index (κ1) is 13.2. The van der Waals surface area contributed by atoms with Gasteiger partial charge in [0.2, 0.25) is 0 Å². The van der Waals surface area contributed by atoms with Crippen molar-refractivity contribution in [1.29, 1.82) is 0 Å². The minimum atomic E-state index is -0.399. The van der Waals surface area contributed by atoms with Crippen LogP contribution in [0.25, 0.3) is 11.4 Å². The van der Waals surface area contributed by atoms with E-state index in [1.165, 1.54) is 6.07 Å². The van der Waals surface area contributed by atoms with Crippen LogP contribution in [0.5, 0.6) is 0 Å². The van der Waals surface area contributed by atoms with Crippen molar-refractivity contribution in [1.82, 2.24) is 15.3 Å². The zero-order chi connectivity index (χ0) is 13.8. The Morgan fingerprint density at radius 3 is 2.84 bits per heavy atom. The summed E-state index contributed by atoms with van der Waals surface area (Å²) in [6.45, 7) is 4.77. The average Bonchev–Trinajstić information content (AvgIpc) is 2.85. The van der Waals surface area contributed by atoms with Gasteiger partial charge in [0, 0.05) is 30.5 Å². The van der Waals surface area contributed by atoms with Crippen LogP contribution in [0.3, 0.4) is 0 Å². The van der Waals surface area contributed by atoms with E-state index in [0.717, 1.165) is 5.69 Å². The molecule has 1 aromatic heterocycles. The van der Waals surface area contributed by atoms with Crippen LogP contribution in [-0.2, 0) is 6.54 Å². The Kier molecular flexibility index (Phi) is 3.91. The fourth-order valence-corrected chi connectivity index (χ4v) is 1.73. The highest BCUT2D eigenvalue weighted by Gasteiger charge is 2.16. The molecule has 0 unspecified atom stereocenters. The highest BCUT2D eigenvalue weighted by atomic mass is 16.6. The second-order valence-corrected chi connectivity index (χ2v) is 4.57. The third-order valence-electron chi connectivity index (χ3n) is 2.69. The van der Waals surface area contributed by atoms with E-state index in [0.29, 0.717) is 24.0 Å². The molecule has 0 aliphatic carbocycles. The SMILES string of the molecule is CC(C)NCc1cnc(-c2ccccc2[N+](=O)[O-])[nH]1. The first-order valence-electron chi connectivity index (χ1n) is 6.09. The molecule has 0 atom stereocenters. The molecule has 100 valence electrons. The summed E-state index contributed by atoms with van der Waals surface area (Å²) >= 11 is 0. The highest BCUT2D eigenvalue weighted by Crippen LogP contribution is 2.26. The molecule has 0 aliphatic rings. The summed E-state index contributed by atoms with van der Waals surface area (Å²) in [5.41, 5.74) is 1.46. The van der Waals surface area contributed by atoms with Crippen LogP contribution >= 0.6 is 0 Å². The topological polar surface area (TPSA) is 83.8 Å². The number of aromatic amines is 1. The average molecular weight is 260 g/mol. The predicted octanol–water partition coefficient (Wildman–Crippen LogP) is 2.48. The Bertz CT molecular complexity index is 578. The zero-order valence-electron chi connectivity index (χ0n) is 10.9. The molecule has 0 bridgehead atoms. The summed E-state index contributed by atoms with van der Waals surface area (Å²) in [5, 5.41) is 14.2. The maximum atomic E-state index is 11.0. The van der Waals surface area contributed by atoms with E-state index in [9.17, 15) is 10.1 Å². The first-order valence-corrected chi connectivity index (χ1v) is 6.09. The second-order valence-electron chi connectivity index (χ2n) is 4.57. The molecule has 0 saturated carbocycles. The molecule has 6 heteroatoms. The Labute approximate surface area is 111 Å². The number of aromatic nitrogens is 2. The smallest absolute Gasteiger partial charge is 0.280 e. The van der Waals surface area contributed by atoms with E-state index in [-0.39, 0.29) is 5.69 Å². The van der Waals surface area contributed by atoms with Gasteiger partial charge in [0.25, 0.3) is 5.69 Å². The zero-order valence-corrected chi connectivity index (χ0v) is 10.9. The van der Waals surface area contributed by atoms with Crippen molar-refractivity contribution in [2.45, 2.75) is 26.4 Å². The normalized spacial score (nSPS) is 10.9. The van der Waals surface area contributed by atoms with Crippen molar-refractivity contribution in [3.8, 4) is 11.4 Å². The van der Waals surface area contributed by atoms with Crippen molar-refractivity contribution < 1.29 is 4.92 Å². The van der Waals surface area contributed by atoms with Crippen molar-refractivity contribution in [2.24, 2.45) is 0 Å². The molecule has 0 saturated heterocycles. The molecule has 2 aromatic rings. The number of benzene rings is 1. The summed E-state index contributed by atoms with van der Waals surface area (Å²) in [7, 11) is 0. The van der Waals surface area contributed by atoms with Crippen molar-refractivity contribution in [2.75, 3.05) is 0 Å². The Hall–Kier alpha value is -2.21. The van der Waals surface area contributed by atoms with Gasteiger partial charge in [0.1, 0.15) is 5.82 Å². The molecule has 0 radical (unpaired) electrons. The molecule has 0 spiro atoms. The van der Waals surface area contributed by atoms with Crippen molar-refractivity contribution in [3.63, 3.8) is 0 Å². The van der Waals surface area contributed by atoms with E-state index in [2.05, 4.69) is 29.1 Å². The third-order valence-corrected chi connectivity index (χ3v) is 2.69. The quantitative estimate of drug-likeness (QED) is 0.639. The standard InChI is InChI=1S/C13H16N4O2/c1-9(2)14-7-10-8-15-13(16-10)11-5-3-4-6-12(11)17(18)19/h3-6,8-9,14H,7H2,1-2H3,(H,15,16). The molecule has 0 amide bonds. The summed E-state index contributed by atoms with van der Waals surface area (Å²) in [4.78, 5) is 17.9. The molecule has 19 heavy (non-hydrogen) atoms. The maximum absolute atomic E-state index is 11.0. The number of nitrogens with one attached hydrogen (secondary N) is 2. The lowest BCUT2D eigenvalue weighted by Gasteiger charge is -2.05. The van der Waals surface area contributed by atoms with Gasteiger partial charge in [-0.05, 0) is 6.07 Å². The van der Waals surface area contributed by atoms with E-state index in [1.54, 1.807) is 24.4 Å².